The monoisotopic (exact) mass is 275 g/mol. The van der Waals surface area contributed by atoms with Crippen LogP contribution in [0.3, 0.4) is 0 Å². The SMILES string of the molecule is CCCNCc1cnc(N2CCCCC2CC)c(C)c1. The predicted molar refractivity (Wildman–Crippen MR) is 86.2 cm³/mol. The molecule has 1 fully saturated rings. The van der Waals surface area contributed by atoms with E-state index >= 15 is 0 Å². The van der Waals surface area contributed by atoms with Crippen LogP contribution in [0.5, 0.6) is 0 Å². The molecule has 112 valence electrons. The van der Waals surface area contributed by atoms with Gasteiger partial charge in [-0.25, -0.2) is 4.98 Å². The van der Waals surface area contributed by atoms with Gasteiger partial charge in [0.1, 0.15) is 5.82 Å². The second-order valence-corrected chi connectivity index (χ2v) is 5.91. The fourth-order valence-electron chi connectivity index (χ4n) is 3.14. The summed E-state index contributed by atoms with van der Waals surface area (Å²) >= 11 is 0. The van der Waals surface area contributed by atoms with Crippen LogP contribution < -0.4 is 10.2 Å². The van der Waals surface area contributed by atoms with Gasteiger partial charge in [0.2, 0.25) is 0 Å². The Morgan fingerprint density at radius 1 is 1.35 bits per heavy atom. The van der Waals surface area contributed by atoms with E-state index < -0.39 is 0 Å². The maximum atomic E-state index is 4.76. The average Bonchev–Trinajstić information content (AvgIpc) is 2.48. The molecule has 1 unspecified atom stereocenters. The first-order valence-electron chi connectivity index (χ1n) is 8.19. The fourth-order valence-corrected chi connectivity index (χ4v) is 3.14. The molecule has 1 saturated heterocycles. The zero-order chi connectivity index (χ0) is 14.4. The van der Waals surface area contributed by atoms with Gasteiger partial charge in [-0.3, -0.25) is 0 Å². The molecule has 1 aliphatic rings. The van der Waals surface area contributed by atoms with Gasteiger partial charge in [0, 0.05) is 25.3 Å². The Balaban J connectivity index is 2.08. The molecule has 2 heterocycles. The Hall–Kier alpha value is -1.09. The molecule has 1 atom stereocenters. The van der Waals surface area contributed by atoms with E-state index in [1.165, 1.54) is 55.6 Å². The van der Waals surface area contributed by atoms with Crippen molar-refractivity contribution >= 4 is 5.82 Å². The first-order valence-corrected chi connectivity index (χ1v) is 8.19. The number of hydrogen-bond acceptors (Lipinski definition) is 3. The van der Waals surface area contributed by atoms with Crippen LogP contribution in [-0.2, 0) is 6.54 Å². The van der Waals surface area contributed by atoms with Crippen molar-refractivity contribution in [2.75, 3.05) is 18.0 Å². The number of hydrogen-bond donors (Lipinski definition) is 1. The minimum Gasteiger partial charge on any atom is -0.353 e. The van der Waals surface area contributed by atoms with Crippen LogP contribution >= 0.6 is 0 Å². The average molecular weight is 275 g/mol. The lowest BCUT2D eigenvalue weighted by Crippen LogP contribution is -2.40. The third-order valence-electron chi connectivity index (χ3n) is 4.23. The predicted octanol–water partition coefficient (Wildman–Crippen LogP) is 3.66. The number of pyridine rings is 1. The largest absolute Gasteiger partial charge is 0.353 e. The van der Waals surface area contributed by atoms with Gasteiger partial charge in [-0.2, -0.15) is 0 Å². The number of anilines is 1. The smallest absolute Gasteiger partial charge is 0.131 e. The third kappa shape index (κ3) is 3.72. The summed E-state index contributed by atoms with van der Waals surface area (Å²) in [5.41, 5.74) is 2.62. The van der Waals surface area contributed by atoms with Crippen molar-refractivity contribution < 1.29 is 0 Å². The van der Waals surface area contributed by atoms with E-state index in [-0.39, 0.29) is 0 Å². The van der Waals surface area contributed by atoms with Crippen LogP contribution in [0.1, 0.15) is 57.1 Å². The molecule has 3 nitrogen and oxygen atoms in total. The lowest BCUT2D eigenvalue weighted by atomic mass is 9.99. The lowest BCUT2D eigenvalue weighted by Gasteiger charge is -2.37. The standard InChI is InChI=1S/C17H29N3/c1-4-9-18-12-15-11-14(3)17(19-13-15)20-10-7-6-8-16(20)5-2/h11,13,16,18H,4-10,12H2,1-3H3. The van der Waals surface area contributed by atoms with Gasteiger partial charge in [0.25, 0.3) is 0 Å². The summed E-state index contributed by atoms with van der Waals surface area (Å²) in [7, 11) is 0. The van der Waals surface area contributed by atoms with E-state index in [1.54, 1.807) is 0 Å². The molecule has 0 radical (unpaired) electrons. The van der Waals surface area contributed by atoms with Crippen LogP contribution in [0.25, 0.3) is 0 Å². The summed E-state index contributed by atoms with van der Waals surface area (Å²) in [6, 6.07) is 2.98. The molecule has 3 heteroatoms. The van der Waals surface area contributed by atoms with Gasteiger partial charge < -0.3 is 10.2 Å². The molecule has 0 saturated carbocycles. The normalized spacial score (nSPS) is 19.4. The minimum atomic E-state index is 0.680. The maximum absolute atomic E-state index is 4.76. The van der Waals surface area contributed by atoms with Crippen LogP contribution in [0.4, 0.5) is 5.82 Å². The number of aryl methyl sites for hydroxylation is 1. The highest BCUT2D eigenvalue weighted by Crippen LogP contribution is 2.27. The first kappa shape index (κ1) is 15.3. The summed E-state index contributed by atoms with van der Waals surface area (Å²) in [4.78, 5) is 7.29. The van der Waals surface area contributed by atoms with Crippen LogP contribution in [0.2, 0.25) is 0 Å². The number of nitrogens with one attached hydrogen (secondary N) is 1. The molecule has 1 aliphatic heterocycles. The molecule has 0 spiro atoms. The number of rotatable bonds is 6. The number of nitrogens with zero attached hydrogens (tertiary/aromatic N) is 2. The molecule has 0 amide bonds. The van der Waals surface area contributed by atoms with Crippen LogP contribution in [0, 0.1) is 6.92 Å². The highest BCUT2D eigenvalue weighted by molar-refractivity contribution is 5.48. The van der Waals surface area contributed by atoms with E-state index in [0.29, 0.717) is 6.04 Å². The van der Waals surface area contributed by atoms with Crippen molar-refractivity contribution in [1.29, 1.82) is 0 Å². The van der Waals surface area contributed by atoms with Gasteiger partial charge in [-0.1, -0.05) is 13.8 Å². The van der Waals surface area contributed by atoms with Crippen LogP contribution in [0.15, 0.2) is 12.3 Å². The van der Waals surface area contributed by atoms with Crippen molar-refractivity contribution in [3.63, 3.8) is 0 Å². The van der Waals surface area contributed by atoms with Gasteiger partial charge in [-0.05, 0) is 62.8 Å². The zero-order valence-electron chi connectivity index (χ0n) is 13.3. The van der Waals surface area contributed by atoms with Gasteiger partial charge in [0.15, 0.2) is 0 Å². The molecule has 0 bridgehead atoms. The summed E-state index contributed by atoms with van der Waals surface area (Å²) in [5, 5.41) is 3.44. The topological polar surface area (TPSA) is 28.2 Å². The van der Waals surface area contributed by atoms with Crippen LogP contribution in [-0.4, -0.2) is 24.1 Å². The highest BCUT2D eigenvalue weighted by Gasteiger charge is 2.23. The van der Waals surface area contributed by atoms with E-state index in [2.05, 4.69) is 37.1 Å². The van der Waals surface area contributed by atoms with E-state index in [4.69, 9.17) is 4.98 Å². The summed E-state index contributed by atoms with van der Waals surface area (Å²) in [6.45, 7) is 9.86. The highest BCUT2D eigenvalue weighted by atomic mass is 15.2. The molecule has 20 heavy (non-hydrogen) atoms. The van der Waals surface area contributed by atoms with Crippen molar-refractivity contribution in [2.45, 2.75) is 65.5 Å². The fraction of sp³-hybridized carbons (Fsp3) is 0.706. The van der Waals surface area contributed by atoms with Crippen molar-refractivity contribution in [3.8, 4) is 0 Å². The Bertz CT molecular complexity index is 417. The summed E-state index contributed by atoms with van der Waals surface area (Å²) < 4.78 is 0. The molecule has 2 rings (SSSR count). The van der Waals surface area contributed by atoms with E-state index in [1.807, 2.05) is 6.20 Å². The lowest BCUT2D eigenvalue weighted by molar-refractivity contribution is 0.446. The van der Waals surface area contributed by atoms with Crippen molar-refractivity contribution in [1.82, 2.24) is 10.3 Å². The van der Waals surface area contributed by atoms with E-state index in [0.717, 1.165) is 13.1 Å². The first-order chi connectivity index (χ1) is 9.76. The van der Waals surface area contributed by atoms with Crippen molar-refractivity contribution in [2.24, 2.45) is 0 Å². The Morgan fingerprint density at radius 3 is 2.90 bits per heavy atom. The summed E-state index contributed by atoms with van der Waals surface area (Å²) in [5.74, 6) is 1.20. The van der Waals surface area contributed by atoms with Crippen molar-refractivity contribution in [3.05, 3.63) is 23.4 Å². The number of piperidine rings is 1. The molecule has 1 aromatic rings. The zero-order valence-corrected chi connectivity index (χ0v) is 13.3. The molecule has 1 N–H and O–H groups in total. The molecular formula is C17H29N3. The third-order valence-corrected chi connectivity index (χ3v) is 4.23. The molecule has 0 aliphatic carbocycles. The summed E-state index contributed by atoms with van der Waals surface area (Å²) in [6.07, 6.45) is 8.44. The maximum Gasteiger partial charge on any atom is 0.131 e. The molecule has 0 aromatic carbocycles. The van der Waals surface area contributed by atoms with Gasteiger partial charge >= 0.3 is 0 Å². The Labute approximate surface area is 123 Å². The Morgan fingerprint density at radius 2 is 2.20 bits per heavy atom. The quantitative estimate of drug-likeness (QED) is 0.803. The second-order valence-electron chi connectivity index (χ2n) is 5.91. The van der Waals surface area contributed by atoms with Gasteiger partial charge in [0.05, 0.1) is 0 Å². The van der Waals surface area contributed by atoms with E-state index in [9.17, 15) is 0 Å². The Kier molecular flexibility index (Phi) is 5.84. The minimum absolute atomic E-state index is 0.680. The second kappa shape index (κ2) is 7.63. The van der Waals surface area contributed by atoms with Gasteiger partial charge in [-0.15, -0.1) is 0 Å². The molecular weight excluding hydrogens is 246 g/mol. The molecule has 1 aromatic heterocycles. The number of aromatic nitrogens is 1.